The topological polar surface area (TPSA) is 69.4 Å². The van der Waals surface area contributed by atoms with Gasteiger partial charge in [0.2, 0.25) is 0 Å². The SMILES string of the molecule is COC1=CC(=C=O)C([N+](=O)[O-])C=C1. The molecule has 0 aliphatic heterocycles. The standard InChI is InChI=1S/C8H7NO4/c1-13-7-2-3-8(9(11)12)6(4-7)5-10/h2-4,8H,1H3. The Bertz CT molecular complexity index is 336. The summed E-state index contributed by atoms with van der Waals surface area (Å²) in [6, 6.07) is -1.10. The van der Waals surface area contributed by atoms with Gasteiger partial charge in [0, 0.05) is 11.0 Å². The summed E-state index contributed by atoms with van der Waals surface area (Å²) in [5.74, 6) is 1.93. The molecule has 1 atom stereocenters. The molecule has 0 heterocycles. The van der Waals surface area contributed by atoms with Gasteiger partial charge in [0.1, 0.15) is 17.3 Å². The molecule has 0 radical (unpaired) electrons. The second-order valence-electron chi connectivity index (χ2n) is 2.40. The third kappa shape index (κ3) is 1.83. The molecule has 5 heteroatoms. The van der Waals surface area contributed by atoms with E-state index in [1.165, 1.54) is 31.3 Å². The molecule has 0 aromatic rings. The number of hydrogen-bond acceptors (Lipinski definition) is 4. The minimum absolute atomic E-state index is 0.0237. The van der Waals surface area contributed by atoms with Gasteiger partial charge < -0.3 is 4.74 Å². The van der Waals surface area contributed by atoms with Gasteiger partial charge in [0.05, 0.1) is 7.11 Å². The normalized spacial score (nSPS) is 20.5. The average Bonchev–Trinajstić information content (AvgIpc) is 2.16. The van der Waals surface area contributed by atoms with Crippen molar-refractivity contribution < 1.29 is 14.5 Å². The van der Waals surface area contributed by atoms with Gasteiger partial charge in [-0.05, 0) is 12.2 Å². The molecule has 1 unspecified atom stereocenters. The lowest BCUT2D eigenvalue weighted by atomic mass is 10.0. The Labute approximate surface area is 74.1 Å². The summed E-state index contributed by atoms with van der Waals surface area (Å²) in [7, 11) is 1.42. The van der Waals surface area contributed by atoms with Crippen LogP contribution in [0.25, 0.3) is 0 Å². The van der Waals surface area contributed by atoms with Crippen molar-refractivity contribution in [3.05, 3.63) is 39.7 Å². The van der Waals surface area contributed by atoms with Crippen LogP contribution in [-0.4, -0.2) is 24.0 Å². The van der Waals surface area contributed by atoms with Gasteiger partial charge in [-0.1, -0.05) is 0 Å². The highest BCUT2D eigenvalue weighted by molar-refractivity contribution is 5.62. The van der Waals surface area contributed by atoms with Crippen molar-refractivity contribution in [2.75, 3.05) is 7.11 Å². The van der Waals surface area contributed by atoms with E-state index in [0.29, 0.717) is 5.76 Å². The number of ether oxygens (including phenoxy) is 1. The van der Waals surface area contributed by atoms with Gasteiger partial charge in [0.25, 0.3) is 6.04 Å². The first-order valence-corrected chi connectivity index (χ1v) is 3.51. The van der Waals surface area contributed by atoms with E-state index in [0.717, 1.165) is 0 Å². The summed E-state index contributed by atoms with van der Waals surface area (Å²) in [4.78, 5) is 20.2. The molecule has 0 bridgehead atoms. The highest BCUT2D eigenvalue weighted by atomic mass is 16.6. The molecule has 1 aliphatic rings. The van der Waals surface area contributed by atoms with Crippen molar-refractivity contribution in [3.8, 4) is 0 Å². The molecule has 0 aromatic carbocycles. The second kappa shape index (κ2) is 3.69. The molecular weight excluding hydrogens is 174 g/mol. The monoisotopic (exact) mass is 181 g/mol. The van der Waals surface area contributed by atoms with Crippen LogP contribution in [0.2, 0.25) is 0 Å². The number of rotatable bonds is 2. The number of allylic oxidation sites excluding steroid dienone is 1. The summed E-state index contributed by atoms with van der Waals surface area (Å²) in [5.41, 5.74) is -0.0237. The molecule has 0 saturated carbocycles. The fourth-order valence-corrected chi connectivity index (χ4v) is 0.977. The predicted octanol–water partition coefficient (Wildman–Crippen LogP) is 0.490. The minimum Gasteiger partial charge on any atom is -0.497 e. The molecule has 1 rings (SSSR count). The summed E-state index contributed by atoms with van der Waals surface area (Å²) < 4.78 is 4.80. The molecule has 5 nitrogen and oxygen atoms in total. The van der Waals surface area contributed by atoms with E-state index in [1.807, 2.05) is 0 Å². The van der Waals surface area contributed by atoms with Crippen LogP contribution in [0, 0.1) is 10.1 Å². The van der Waals surface area contributed by atoms with Crippen molar-refractivity contribution >= 4 is 5.94 Å². The lowest BCUT2D eigenvalue weighted by molar-refractivity contribution is -0.498. The molecule has 13 heavy (non-hydrogen) atoms. The zero-order valence-electron chi connectivity index (χ0n) is 6.89. The first-order chi connectivity index (χ1) is 6.19. The fourth-order valence-electron chi connectivity index (χ4n) is 0.977. The maximum atomic E-state index is 10.4. The Balaban J connectivity index is 3.00. The van der Waals surface area contributed by atoms with Gasteiger partial charge in [0.15, 0.2) is 0 Å². The molecule has 0 spiro atoms. The molecule has 0 aromatic heterocycles. The van der Waals surface area contributed by atoms with Crippen LogP contribution >= 0.6 is 0 Å². The molecule has 0 amide bonds. The lowest BCUT2D eigenvalue weighted by Gasteiger charge is -2.09. The smallest absolute Gasteiger partial charge is 0.267 e. The van der Waals surface area contributed by atoms with E-state index in [1.54, 1.807) is 0 Å². The first kappa shape index (κ1) is 9.22. The van der Waals surface area contributed by atoms with Gasteiger partial charge in [-0.3, -0.25) is 10.1 Å². The van der Waals surface area contributed by atoms with Crippen LogP contribution in [0.5, 0.6) is 0 Å². The van der Waals surface area contributed by atoms with Crippen LogP contribution in [-0.2, 0) is 9.53 Å². The van der Waals surface area contributed by atoms with Gasteiger partial charge >= 0.3 is 0 Å². The fraction of sp³-hybridized carbons (Fsp3) is 0.250. The summed E-state index contributed by atoms with van der Waals surface area (Å²) >= 11 is 0. The number of methoxy groups -OCH3 is 1. The highest BCUT2D eigenvalue weighted by Gasteiger charge is 2.25. The van der Waals surface area contributed by atoms with Gasteiger partial charge in [-0.2, -0.15) is 0 Å². The first-order valence-electron chi connectivity index (χ1n) is 3.51. The number of nitrogens with zero attached hydrogens (tertiary/aromatic N) is 1. The minimum atomic E-state index is -1.10. The van der Waals surface area contributed by atoms with E-state index in [9.17, 15) is 14.9 Å². The van der Waals surface area contributed by atoms with E-state index in [2.05, 4.69) is 0 Å². The lowest BCUT2D eigenvalue weighted by Crippen LogP contribution is -2.21. The summed E-state index contributed by atoms with van der Waals surface area (Å²) in [5, 5.41) is 10.4. The summed E-state index contributed by atoms with van der Waals surface area (Å²) in [6.45, 7) is 0. The largest absolute Gasteiger partial charge is 0.497 e. The molecular formula is C8H7NO4. The zero-order chi connectivity index (χ0) is 9.84. The van der Waals surface area contributed by atoms with E-state index < -0.39 is 11.0 Å². The molecule has 0 N–H and O–H groups in total. The Morgan fingerprint density at radius 2 is 2.38 bits per heavy atom. The number of carbonyl (C=O) groups excluding carboxylic acids is 1. The maximum absolute atomic E-state index is 10.4. The van der Waals surface area contributed by atoms with Crippen LogP contribution in [0.4, 0.5) is 0 Å². The molecule has 68 valence electrons. The Morgan fingerprint density at radius 1 is 1.69 bits per heavy atom. The average molecular weight is 181 g/mol. The molecule has 0 saturated heterocycles. The molecule has 1 aliphatic carbocycles. The van der Waals surface area contributed by atoms with Crippen LogP contribution in [0.3, 0.4) is 0 Å². The Hall–Kier alpha value is -1.87. The summed E-state index contributed by atoms with van der Waals surface area (Å²) in [6.07, 6.45) is 4.05. The van der Waals surface area contributed by atoms with Crippen LogP contribution in [0.15, 0.2) is 29.6 Å². The van der Waals surface area contributed by atoms with E-state index >= 15 is 0 Å². The molecule has 0 fully saturated rings. The van der Waals surface area contributed by atoms with Crippen molar-refractivity contribution in [2.24, 2.45) is 0 Å². The van der Waals surface area contributed by atoms with E-state index in [4.69, 9.17) is 4.74 Å². The zero-order valence-corrected chi connectivity index (χ0v) is 6.89. The number of nitro groups is 1. The van der Waals surface area contributed by atoms with Crippen molar-refractivity contribution in [2.45, 2.75) is 6.04 Å². The Kier molecular flexibility index (Phi) is 2.62. The van der Waals surface area contributed by atoms with Crippen molar-refractivity contribution in [3.63, 3.8) is 0 Å². The van der Waals surface area contributed by atoms with Crippen molar-refractivity contribution in [1.82, 2.24) is 0 Å². The van der Waals surface area contributed by atoms with Crippen LogP contribution in [0.1, 0.15) is 0 Å². The third-order valence-electron chi connectivity index (χ3n) is 1.64. The third-order valence-corrected chi connectivity index (χ3v) is 1.64. The Morgan fingerprint density at radius 3 is 2.85 bits per heavy atom. The maximum Gasteiger partial charge on any atom is 0.267 e. The van der Waals surface area contributed by atoms with E-state index in [-0.39, 0.29) is 5.57 Å². The van der Waals surface area contributed by atoms with Gasteiger partial charge in [-0.25, -0.2) is 4.79 Å². The van der Waals surface area contributed by atoms with Crippen LogP contribution < -0.4 is 0 Å². The van der Waals surface area contributed by atoms with Gasteiger partial charge in [-0.15, -0.1) is 0 Å². The van der Waals surface area contributed by atoms with Crippen molar-refractivity contribution in [1.29, 1.82) is 0 Å². The number of hydrogen-bond donors (Lipinski definition) is 0. The quantitative estimate of drug-likeness (QED) is 0.353. The highest BCUT2D eigenvalue weighted by Crippen LogP contribution is 2.16. The predicted molar refractivity (Wildman–Crippen MR) is 44.2 cm³/mol. The second-order valence-corrected chi connectivity index (χ2v) is 2.40.